The van der Waals surface area contributed by atoms with E-state index in [0.717, 1.165) is 49.3 Å². The highest BCUT2D eigenvalue weighted by molar-refractivity contribution is 7.28. The van der Waals surface area contributed by atoms with Gasteiger partial charge in [-0.05, 0) is 64.0 Å². The molecule has 8 aromatic carbocycles. The number of hydrogen-bond acceptors (Lipinski definition) is 1. The molecule has 18 heteroatoms. The van der Waals surface area contributed by atoms with Crippen LogP contribution in [0.25, 0.3) is 97.4 Å². The van der Waals surface area contributed by atoms with E-state index in [4.69, 9.17) is 118 Å². The van der Waals surface area contributed by atoms with E-state index < -0.39 is 0 Å². The number of hydrogen-bond donors (Lipinski definition) is 0. The maximum atomic E-state index is 7.38. The van der Waals surface area contributed by atoms with Crippen molar-refractivity contribution >= 4 is 275 Å². The summed E-state index contributed by atoms with van der Waals surface area (Å²) in [6.07, 6.45) is 0. The fraction of sp³-hybridized carbons (Fsp3) is 0. The molecule has 0 aliphatic carbocycles. The molecule has 3 heterocycles. The lowest BCUT2D eigenvalue weighted by Crippen LogP contribution is -2.57. The number of aromatic nitrogens is 2. The molecule has 0 aliphatic heterocycles. The number of nitrogens with zero attached hydrogens (tertiary/aromatic N) is 2. The summed E-state index contributed by atoms with van der Waals surface area (Å²) in [5.41, 5.74) is 6.44. The number of rotatable bonds is 4. The topological polar surface area (TPSA) is 9.86 Å². The minimum Gasteiger partial charge on any atom is -0.309 e. The Kier molecular flexibility index (Phi) is 10.00. The molecule has 0 amide bonds. The van der Waals surface area contributed by atoms with E-state index >= 15 is 0 Å². The number of benzene rings is 8. The summed E-state index contributed by atoms with van der Waals surface area (Å²) in [7, 11) is 101. The second-order valence-electron chi connectivity index (χ2n) is 16.5. The Bertz CT molecular complexity index is 3940. The first kappa shape index (κ1) is 43.1. The largest absolute Gasteiger partial charge is 0.309 e. The molecule has 268 valence electrons. The van der Waals surface area contributed by atoms with Gasteiger partial charge < -0.3 is 9.13 Å². The molecule has 0 saturated carbocycles. The highest BCUT2D eigenvalue weighted by atomic mass is 32.1. The summed E-state index contributed by atoms with van der Waals surface area (Å²) in [6.45, 7) is 0. The molecule has 0 bridgehead atoms. The Balaban J connectivity index is 1.25. The average Bonchev–Trinajstić information content (AvgIpc) is 3.99. The van der Waals surface area contributed by atoms with E-state index in [9.17, 15) is 0 Å². The van der Waals surface area contributed by atoms with Crippen LogP contribution in [-0.4, -0.2) is 127 Å². The standard InChI is InChI=1S/C48H15B15N2S/c49-31-25(33(51)38(56)34(52)27(31)28-35(53)39(57)41(59)40(58)36(28)54)26-32(50)29-30-46(43(61)42(60)45(63)48(30)66-47(29)44(62)37(26)55)65-23-12-6-3-9-19(23)20-15-16(13-14-24(20)65)64-21-10-4-1-7-17(21)18-8-2-5-11-22(18)64/h1-15H. The smallest absolute Gasteiger partial charge is 0.115 e. The summed E-state index contributed by atoms with van der Waals surface area (Å²) in [4.78, 5) is 0. The molecule has 0 saturated heterocycles. The minimum atomic E-state index is -0.0675. The van der Waals surface area contributed by atoms with Crippen LogP contribution in [-0.2, 0) is 0 Å². The number of thiophene rings is 1. The third kappa shape index (κ3) is 5.69. The molecule has 0 spiro atoms. The van der Waals surface area contributed by atoms with Crippen LogP contribution in [0.3, 0.4) is 0 Å². The van der Waals surface area contributed by atoms with Gasteiger partial charge >= 0.3 is 0 Å². The van der Waals surface area contributed by atoms with Crippen molar-refractivity contribution in [1.29, 1.82) is 0 Å². The van der Waals surface area contributed by atoms with Gasteiger partial charge in [0.2, 0.25) is 0 Å². The molecule has 0 aliphatic rings. The molecule has 0 atom stereocenters. The van der Waals surface area contributed by atoms with Crippen LogP contribution >= 0.6 is 11.3 Å². The van der Waals surface area contributed by atoms with Crippen LogP contribution in [0.15, 0.2) is 91.0 Å². The van der Waals surface area contributed by atoms with Crippen LogP contribution in [0, 0.1) is 0 Å². The third-order valence-electron chi connectivity index (χ3n) is 13.1. The van der Waals surface area contributed by atoms with Crippen LogP contribution in [0.1, 0.15) is 0 Å². The Labute approximate surface area is 406 Å². The SMILES string of the molecule is [B]c1c([B])c([B])c(-c2c([B])c([B])c([B])c(-c3c([B])c([B])c4sc5c([B])c([B])c([B])c(-n6c7ccccc7c7cc(-n8c9ccccc9c9ccccc98)ccc76)c5c4c3[B])c2[B])c([B])c1[B]. The average molecular weight is 814 g/mol. The predicted molar refractivity (Wildman–Crippen MR) is 300 cm³/mol. The minimum absolute atomic E-state index is 0.00704. The molecule has 66 heavy (non-hydrogen) atoms. The van der Waals surface area contributed by atoms with Crippen molar-refractivity contribution < 1.29 is 0 Å². The zero-order valence-corrected chi connectivity index (χ0v) is 35.9. The van der Waals surface area contributed by atoms with Crippen molar-refractivity contribution in [3.8, 4) is 33.6 Å². The second kappa shape index (κ2) is 15.3. The van der Waals surface area contributed by atoms with Crippen LogP contribution in [0.5, 0.6) is 0 Å². The predicted octanol–water partition coefficient (Wildman–Crippen LogP) is -4.51. The van der Waals surface area contributed by atoms with Crippen molar-refractivity contribution in [3.05, 3.63) is 91.0 Å². The molecule has 11 aromatic rings. The van der Waals surface area contributed by atoms with Crippen molar-refractivity contribution in [2.45, 2.75) is 0 Å². The fourth-order valence-corrected chi connectivity index (χ4v) is 11.1. The first-order chi connectivity index (χ1) is 31.6. The Hall–Kier alpha value is -5.45. The van der Waals surface area contributed by atoms with Crippen LogP contribution in [0.4, 0.5) is 0 Å². The first-order valence-corrected chi connectivity index (χ1v) is 21.4. The molecule has 3 aromatic heterocycles. The highest BCUT2D eigenvalue weighted by Crippen LogP contribution is 2.40. The third-order valence-corrected chi connectivity index (χ3v) is 14.4. The summed E-state index contributed by atoms with van der Waals surface area (Å²) in [5.74, 6) is 0. The molecule has 2 nitrogen and oxygen atoms in total. The lowest BCUT2D eigenvalue weighted by Gasteiger charge is -2.30. The van der Waals surface area contributed by atoms with E-state index in [1.807, 2.05) is 30.3 Å². The number of para-hydroxylation sites is 3. The molecular formula is C48H15B15N2S. The van der Waals surface area contributed by atoms with Crippen molar-refractivity contribution in [2.75, 3.05) is 0 Å². The van der Waals surface area contributed by atoms with Gasteiger partial charge in [0.1, 0.15) is 118 Å². The maximum absolute atomic E-state index is 7.38. The summed E-state index contributed by atoms with van der Waals surface area (Å²) >= 11 is 1.28. The molecule has 11 rings (SSSR count). The van der Waals surface area contributed by atoms with Gasteiger partial charge in [-0.2, -0.15) is 0 Å². The quantitative estimate of drug-likeness (QED) is 0.159. The van der Waals surface area contributed by atoms with E-state index in [1.165, 1.54) is 11.3 Å². The molecule has 0 N–H and O–H groups in total. The van der Waals surface area contributed by atoms with Crippen molar-refractivity contribution in [3.63, 3.8) is 0 Å². The highest BCUT2D eigenvalue weighted by Gasteiger charge is 2.28. The molecular weight excluding hydrogens is 799 g/mol. The van der Waals surface area contributed by atoms with Gasteiger partial charge in [0, 0.05) is 47.7 Å². The van der Waals surface area contributed by atoms with Crippen LogP contribution < -0.4 is 81.9 Å². The van der Waals surface area contributed by atoms with Gasteiger partial charge in [-0.15, -0.1) is 38.7 Å². The maximum Gasteiger partial charge on any atom is 0.115 e. The first-order valence-electron chi connectivity index (χ1n) is 20.6. The Morgan fingerprint density at radius 2 is 0.652 bits per heavy atom. The summed E-state index contributed by atoms with van der Waals surface area (Å²) in [6, 6.07) is 31.2. The zero-order valence-electron chi connectivity index (χ0n) is 35.1. The van der Waals surface area contributed by atoms with Gasteiger partial charge in [-0.25, -0.2) is 0 Å². The monoisotopic (exact) mass is 816 g/mol. The number of fused-ring (bicyclic) bond motifs is 9. The van der Waals surface area contributed by atoms with E-state index in [0.29, 0.717) is 25.9 Å². The molecule has 30 radical (unpaired) electrons. The van der Waals surface area contributed by atoms with Crippen LogP contribution in [0.2, 0.25) is 0 Å². The summed E-state index contributed by atoms with van der Waals surface area (Å²) in [5, 5.41) is 5.25. The second-order valence-corrected chi connectivity index (χ2v) is 17.5. The summed E-state index contributed by atoms with van der Waals surface area (Å²) < 4.78 is 5.44. The van der Waals surface area contributed by atoms with Gasteiger partial charge in [0.15, 0.2) is 0 Å². The normalized spacial score (nSPS) is 11.9. The van der Waals surface area contributed by atoms with Gasteiger partial charge in [-0.1, -0.05) is 109 Å². The van der Waals surface area contributed by atoms with Gasteiger partial charge in [-0.3, -0.25) is 0 Å². The van der Waals surface area contributed by atoms with E-state index in [2.05, 4.69) is 69.8 Å². The lowest BCUT2D eigenvalue weighted by atomic mass is 9.55. The van der Waals surface area contributed by atoms with E-state index in [-0.39, 0.29) is 104 Å². The fourth-order valence-electron chi connectivity index (χ4n) is 9.88. The molecule has 0 unspecified atom stereocenters. The Morgan fingerprint density at radius 3 is 1.20 bits per heavy atom. The van der Waals surface area contributed by atoms with Crippen molar-refractivity contribution in [2.24, 2.45) is 0 Å². The van der Waals surface area contributed by atoms with Crippen molar-refractivity contribution in [1.82, 2.24) is 9.13 Å². The van der Waals surface area contributed by atoms with E-state index in [1.54, 1.807) is 0 Å². The van der Waals surface area contributed by atoms with Gasteiger partial charge in [0.05, 0.1) is 22.1 Å². The lowest BCUT2D eigenvalue weighted by molar-refractivity contribution is 1.18. The Morgan fingerprint density at radius 1 is 0.288 bits per heavy atom. The zero-order chi connectivity index (χ0) is 46.5. The molecule has 0 fully saturated rings. The van der Waals surface area contributed by atoms with Gasteiger partial charge in [0.25, 0.3) is 0 Å².